The van der Waals surface area contributed by atoms with Gasteiger partial charge in [-0.15, -0.1) is 0 Å². The molecule has 0 N–H and O–H groups in total. The predicted molar refractivity (Wildman–Crippen MR) is 124 cm³/mol. The molecule has 3 aromatic rings. The minimum absolute atomic E-state index is 0.0276. The van der Waals surface area contributed by atoms with Gasteiger partial charge in [0, 0.05) is 19.2 Å². The van der Waals surface area contributed by atoms with Crippen molar-refractivity contribution < 1.29 is 9.66 Å². The number of hydrogen-bond donors (Lipinski definition) is 0. The van der Waals surface area contributed by atoms with Gasteiger partial charge < -0.3 is 9.64 Å². The van der Waals surface area contributed by atoms with E-state index in [1.165, 1.54) is 5.56 Å². The second-order valence-electron chi connectivity index (χ2n) is 7.66. The van der Waals surface area contributed by atoms with Crippen LogP contribution in [0.1, 0.15) is 30.0 Å². The van der Waals surface area contributed by atoms with E-state index >= 15 is 0 Å². The molecule has 0 heterocycles. The lowest BCUT2D eigenvalue weighted by Crippen LogP contribution is -2.29. The van der Waals surface area contributed by atoms with Gasteiger partial charge in [0.15, 0.2) is 5.75 Å². The van der Waals surface area contributed by atoms with Crippen LogP contribution in [0.3, 0.4) is 0 Å². The van der Waals surface area contributed by atoms with E-state index in [9.17, 15) is 10.1 Å². The van der Waals surface area contributed by atoms with Crippen LogP contribution in [0.4, 0.5) is 5.69 Å². The number of hydrogen-bond acceptors (Lipinski definition) is 4. The molecular formula is C26H30N2O3. The SMILES string of the molecule is CCCN(CCc1ccccc1)CCc1ccc(OCc2ccccc2)c([N+](=O)[O-])c1. The third-order valence-electron chi connectivity index (χ3n) is 5.27. The van der Waals surface area contributed by atoms with Gasteiger partial charge in [-0.1, -0.05) is 73.7 Å². The van der Waals surface area contributed by atoms with Crippen LogP contribution in [0.15, 0.2) is 78.9 Å². The lowest BCUT2D eigenvalue weighted by Gasteiger charge is -2.21. The van der Waals surface area contributed by atoms with Gasteiger partial charge in [0.2, 0.25) is 0 Å². The van der Waals surface area contributed by atoms with Gasteiger partial charge in [-0.2, -0.15) is 0 Å². The fourth-order valence-electron chi connectivity index (χ4n) is 3.59. The Morgan fingerprint density at radius 3 is 2.03 bits per heavy atom. The first kappa shape index (κ1) is 22.5. The second kappa shape index (κ2) is 11.9. The first-order valence-electron chi connectivity index (χ1n) is 10.9. The van der Waals surface area contributed by atoms with Crippen molar-refractivity contribution in [3.8, 4) is 5.75 Å². The molecule has 162 valence electrons. The van der Waals surface area contributed by atoms with Gasteiger partial charge >= 0.3 is 5.69 Å². The molecule has 0 fully saturated rings. The quantitative estimate of drug-likeness (QED) is 0.281. The summed E-state index contributed by atoms with van der Waals surface area (Å²) in [5.41, 5.74) is 3.30. The van der Waals surface area contributed by atoms with Gasteiger partial charge in [0.1, 0.15) is 6.61 Å². The van der Waals surface area contributed by atoms with Crippen LogP contribution in [-0.4, -0.2) is 29.5 Å². The Hall–Kier alpha value is -3.18. The summed E-state index contributed by atoms with van der Waals surface area (Å²) in [4.78, 5) is 13.7. The maximum atomic E-state index is 11.6. The predicted octanol–water partition coefficient (Wildman–Crippen LogP) is 5.67. The Morgan fingerprint density at radius 1 is 0.806 bits per heavy atom. The van der Waals surface area contributed by atoms with E-state index in [4.69, 9.17) is 4.74 Å². The van der Waals surface area contributed by atoms with Crippen LogP contribution in [0, 0.1) is 10.1 Å². The normalized spacial score (nSPS) is 10.9. The van der Waals surface area contributed by atoms with Crippen molar-refractivity contribution in [3.05, 3.63) is 106 Å². The summed E-state index contributed by atoms with van der Waals surface area (Å²) in [5.74, 6) is 0.312. The Bertz CT molecular complexity index is 945. The Morgan fingerprint density at radius 2 is 1.42 bits per heavy atom. The lowest BCUT2D eigenvalue weighted by atomic mass is 10.1. The van der Waals surface area contributed by atoms with E-state index in [0.717, 1.165) is 50.0 Å². The first-order valence-corrected chi connectivity index (χ1v) is 10.9. The molecular weight excluding hydrogens is 388 g/mol. The lowest BCUT2D eigenvalue weighted by molar-refractivity contribution is -0.386. The number of nitro groups is 1. The zero-order valence-electron chi connectivity index (χ0n) is 18.1. The average molecular weight is 419 g/mol. The molecule has 0 spiro atoms. The van der Waals surface area contributed by atoms with E-state index in [0.29, 0.717) is 12.4 Å². The van der Waals surface area contributed by atoms with Crippen molar-refractivity contribution in [2.24, 2.45) is 0 Å². The van der Waals surface area contributed by atoms with E-state index in [2.05, 4.69) is 36.1 Å². The molecule has 0 unspecified atom stereocenters. The van der Waals surface area contributed by atoms with Gasteiger partial charge in [0.05, 0.1) is 4.92 Å². The Balaban J connectivity index is 1.60. The number of rotatable bonds is 12. The van der Waals surface area contributed by atoms with Crippen molar-refractivity contribution in [2.45, 2.75) is 32.8 Å². The molecule has 0 saturated heterocycles. The second-order valence-corrected chi connectivity index (χ2v) is 7.66. The van der Waals surface area contributed by atoms with Crippen molar-refractivity contribution in [3.63, 3.8) is 0 Å². The van der Waals surface area contributed by atoms with Crippen LogP contribution in [0.25, 0.3) is 0 Å². The highest BCUT2D eigenvalue weighted by Crippen LogP contribution is 2.29. The summed E-state index contributed by atoms with van der Waals surface area (Å²) in [5, 5.41) is 11.6. The molecule has 0 aliphatic rings. The monoisotopic (exact) mass is 418 g/mol. The van der Waals surface area contributed by atoms with Crippen LogP contribution < -0.4 is 4.74 Å². The standard InChI is InChI=1S/C26H30N2O3/c1-2-17-27(18-15-22-9-5-3-6-10-22)19-16-23-13-14-26(25(20-23)28(29)30)31-21-24-11-7-4-8-12-24/h3-14,20H,2,15-19,21H2,1H3. The van der Waals surface area contributed by atoms with E-state index in [1.54, 1.807) is 12.1 Å². The number of nitrogens with zero attached hydrogens (tertiary/aromatic N) is 2. The van der Waals surface area contributed by atoms with Crippen LogP contribution in [0.5, 0.6) is 5.75 Å². The van der Waals surface area contributed by atoms with Crippen LogP contribution in [0.2, 0.25) is 0 Å². The zero-order chi connectivity index (χ0) is 21.9. The minimum atomic E-state index is -0.358. The van der Waals surface area contributed by atoms with Gasteiger partial charge in [-0.25, -0.2) is 0 Å². The summed E-state index contributed by atoms with van der Waals surface area (Å²) in [6.45, 7) is 5.37. The topological polar surface area (TPSA) is 55.6 Å². The van der Waals surface area contributed by atoms with Gasteiger partial charge in [0.25, 0.3) is 0 Å². The highest BCUT2D eigenvalue weighted by molar-refractivity contribution is 5.49. The summed E-state index contributed by atoms with van der Waals surface area (Å²) in [6.07, 6.45) is 2.86. The molecule has 0 aliphatic carbocycles. The van der Waals surface area contributed by atoms with Crippen molar-refractivity contribution in [1.82, 2.24) is 4.90 Å². The summed E-state index contributed by atoms with van der Waals surface area (Å²) in [6, 6.07) is 25.5. The molecule has 0 saturated carbocycles. The van der Waals surface area contributed by atoms with E-state index in [-0.39, 0.29) is 10.6 Å². The van der Waals surface area contributed by atoms with Gasteiger partial charge in [-0.3, -0.25) is 10.1 Å². The van der Waals surface area contributed by atoms with E-state index in [1.807, 2.05) is 42.5 Å². The first-order chi connectivity index (χ1) is 15.2. The van der Waals surface area contributed by atoms with Gasteiger partial charge in [-0.05, 0) is 48.6 Å². The molecule has 31 heavy (non-hydrogen) atoms. The minimum Gasteiger partial charge on any atom is -0.482 e. The molecule has 0 radical (unpaired) electrons. The molecule has 5 heteroatoms. The molecule has 0 amide bonds. The Kier molecular flexibility index (Phi) is 8.61. The van der Waals surface area contributed by atoms with E-state index < -0.39 is 0 Å². The molecule has 0 bridgehead atoms. The summed E-state index contributed by atoms with van der Waals surface area (Å²) >= 11 is 0. The Labute approximate surface area is 184 Å². The molecule has 5 nitrogen and oxygen atoms in total. The number of benzene rings is 3. The maximum absolute atomic E-state index is 11.6. The molecule has 0 aromatic heterocycles. The summed E-state index contributed by atoms with van der Waals surface area (Å²) < 4.78 is 5.74. The average Bonchev–Trinajstić information content (AvgIpc) is 2.81. The van der Waals surface area contributed by atoms with Crippen LogP contribution >= 0.6 is 0 Å². The molecule has 3 aromatic carbocycles. The maximum Gasteiger partial charge on any atom is 0.311 e. The van der Waals surface area contributed by atoms with Crippen molar-refractivity contribution >= 4 is 5.69 Å². The zero-order valence-corrected chi connectivity index (χ0v) is 18.1. The third kappa shape index (κ3) is 7.23. The fourth-order valence-corrected chi connectivity index (χ4v) is 3.59. The summed E-state index contributed by atoms with van der Waals surface area (Å²) in [7, 11) is 0. The number of ether oxygens (including phenoxy) is 1. The number of nitro benzene ring substituents is 1. The fraction of sp³-hybridized carbons (Fsp3) is 0.308. The third-order valence-corrected chi connectivity index (χ3v) is 5.27. The molecule has 0 aliphatic heterocycles. The molecule has 3 rings (SSSR count). The van der Waals surface area contributed by atoms with Crippen molar-refractivity contribution in [1.29, 1.82) is 0 Å². The van der Waals surface area contributed by atoms with Crippen LogP contribution in [-0.2, 0) is 19.4 Å². The van der Waals surface area contributed by atoms with Crippen molar-refractivity contribution in [2.75, 3.05) is 19.6 Å². The largest absolute Gasteiger partial charge is 0.482 e. The highest BCUT2D eigenvalue weighted by Gasteiger charge is 2.17. The molecule has 0 atom stereocenters. The smallest absolute Gasteiger partial charge is 0.311 e. The highest BCUT2D eigenvalue weighted by atomic mass is 16.6.